The van der Waals surface area contributed by atoms with Gasteiger partial charge in [0.15, 0.2) is 0 Å². The van der Waals surface area contributed by atoms with Gasteiger partial charge in [0, 0.05) is 11.8 Å². The molecule has 1 aliphatic rings. The number of hydrogen-bond acceptors (Lipinski definition) is 5. The first-order chi connectivity index (χ1) is 7.18. The van der Waals surface area contributed by atoms with Gasteiger partial charge in [-0.2, -0.15) is 18.3 Å². The Hall–Kier alpha value is -0.860. The molecular formula is C8H15F3N4O. The van der Waals surface area contributed by atoms with E-state index in [1.165, 1.54) is 0 Å². The molecule has 0 bridgehead atoms. The molecule has 0 aromatic carbocycles. The number of alkyl halides is 3. The average molecular weight is 240 g/mol. The van der Waals surface area contributed by atoms with Gasteiger partial charge in [0.05, 0.1) is 12.3 Å². The molecule has 8 heteroatoms. The fourth-order valence-corrected chi connectivity index (χ4v) is 1.49. The fourth-order valence-electron chi connectivity index (χ4n) is 1.49. The lowest BCUT2D eigenvalue weighted by Gasteiger charge is -2.44. The van der Waals surface area contributed by atoms with Crippen LogP contribution in [0, 0.1) is 5.41 Å². The van der Waals surface area contributed by atoms with E-state index < -0.39 is 23.7 Å². The van der Waals surface area contributed by atoms with Crippen molar-refractivity contribution in [3.8, 4) is 0 Å². The molecule has 0 spiro atoms. The summed E-state index contributed by atoms with van der Waals surface area (Å²) in [5.74, 6) is 10.0. The van der Waals surface area contributed by atoms with Crippen molar-refractivity contribution < 1.29 is 17.9 Å². The summed E-state index contributed by atoms with van der Waals surface area (Å²) in [4.78, 5) is 0. The van der Waals surface area contributed by atoms with Crippen LogP contribution in [-0.4, -0.2) is 24.2 Å². The zero-order chi connectivity index (χ0) is 12.6. The highest BCUT2D eigenvalue weighted by atomic mass is 19.4. The number of hydrazone groups is 1. The number of hydrogen-bond donors (Lipinski definition) is 3. The van der Waals surface area contributed by atoms with Crippen molar-refractivity contribution in [1.29, 1.82) is 0 Å². The Morgan fingerprint density at radius 2 is 2.00 bits per heavy atom. The monoisotopic (exact) mass is 240 g/mol. The molecule has 0 saturated carbocycles. The minimum Gasteiger partial charge on any atom is -0.350 e. The number of hydrazine groups is 1. The Kier molecular flexibility index (Phi) is 3.19. The van der Waals surface area contributed by atoms with Crippen molar-refractivity contribution in [3.05, 3.63) is 0 Å². The summed E-state index contributed by atoms with van der Waals surface area (Å²) in [7, 11) is 0. The molecule has 0 unspecified atom stereocenters. The van der Waals surface area contributed by atoms with Crippen LogP contribution in [0.2, 0.25) is 0 Å². The Balaban J connectivity index is 3.04. The number of nitrogens with zero attached hydrogens (tertiary/aromatic N) is 1. The van der Waals surface area contributed by atoms with Crippen LogP contribution in [0.4, 0.5) is 13.2 Å². The Labute approximate surface area is 91.0 Å². The lowest BCUT2D eigenvalue weighted by Crippen LogP contribution is -2.66. The van der Waals surface area contributed by atoms with Crippen molar-refractivity contribution in [2.24, 2.45) is 22.2 Å². The van der Waals surface area contributed by atoms with E-state index in [1.807, 2.05) is 0 Å². The van der Waals surface area contributed by atoms with Gasteiger partial charge in [-0.05, 0) is 0 Å². The second-order valence-corrected chi connectivity index (χ2v) is 4.39. The number of halogens is 3. The minimum atomic E-state index is -4.63. The fraction of sp³-hybridized carbons (Fsp3) is 0.875. The SMILES string of the molecule is CC1(C)CO[C@@](NN)(C(F)(F)F)C/C1=N\N. The predicted octanol–water partition coefficient (Wildman–Crippen LogP) is 0.470. The number of ether oxygens (including phenoxy) is 1. The lowest BCUT2D eigenvalue weighted by molar-refractivity contribution is -0.298. The number of rotatable bonds is 1. The van der Waals surface area contributed by atoms with Crippen LogP contribution in [0.3, 0.4) is 0 Å². The van der Waals surface area contributed by atoms with Crippen LogP contribution in [0.25, 0.3) is 0 Å². The standard InChI is InChI=1S/C8H15F3N4O/c1-6(2)4-16-7(15-13,8(9,10)11)3-5(6)14-12/h15H,3-4,12-13H2,1-2H3/b14-5+/t7-/m1/s1. The average Bonchev–Trinajstić information content (AvgIpc) is 2.16. The van der Waals surface area contributed by atoms with Crippen molar-refractivity contribution in [2.75, 3.05) is 6.61 Å². The Morgan fingerprint density at radius 1 is 1.44 bits per heavy atom. The molecule has 1 aliphatic heterocycles. The highest BCUT2D eigenvalue weighted by Gasteiger charge is 2.60. The largest absolute Gasteiger partial charge is 0.432 e. The van der Waals surface area contributed by atoms with Crippen LogP contribution in [-0.2, 0) is 4.74 Å². The number of nitrogens with one attached hydrogen (secondary N) is 1. The summed E-state index contributed by atoms with van der Waals surface area (Å²) in [6.07, 6.45) is -5.15. The maximum atomic E-state index is 12.8. The van der Waals surface area contributed by atoms with E-state index in [-0.39, 0.29) is 12.3 Å². The smallest absolute Gasteiger partial charge is 0.350 e. The van der Waals surface area contributed by atoms with Crippen LogP contribution >= 0.6 is 0 Å². The van der Waals surface area contributed by atoms with Crippen molar-refractivity contribution in [1.82, 2.24) is 5.43 Å². The molecule has 5 nitrogen and oxygen atoms in total. The summed E-state index contributed by atoms with van der Waals surface area (Å²) in [6, 6.07) is 0. The second kappa shape index (κ2) is 3.86. The summed E-state index contributed by atoms with van der Waals surface area (Å²) in [5, 5.41) is 3.40. The second-order valence-electron chi connectivity index (χ2n) is 4.39. The van der Waals surface area contributed by atoms with Crippen molar-refractivity contribution >= 4 is 5.71 Å². The van der Waals surface area contributed by atoms with Gasteiger partial charge in [-0.1, -0.05) is 13.8 Å². The maximum Gasteiger partial charge on any atom is 0.432 e. The highest BCUT2D eigenvalue weighted by Crippen LogP contribution is 2.41. The van der Waals surface area contributed by atoms with E-state index in [4.69, 9.17) is 16.4 Å². The minimum absolute atomic E-state index is 0.160. The van der Waals surface area contributed by atoms with Gasteiger partial charge < -0.3 is 10.6 Å². The first-order valence-corrected chi connectivity index (χ1v) is 4.64. The molecule has 1 fully saturated rings. The molecule has 0 aromatic heterocycles. The molecule has 0 amide bonds. The first-order valence-electron chi connectivity index (χ1n) is 4.64. The van der Waals surface area contributed by atoms with E-state index in [0.29, 0.717) is 0 Å². The van der Waals surface area contributed by atoms with Crippen LogP contribution in [0.15, 0.2) is 5.10 Å². The van der Waals surface area contributed by atoms with Gasteiger partial charge in [0.1, 0.15) is 0 Å². The molecule has 0 aliphatic carbocycles. The molecule has 16 heavy (non-hydrogen) atoms. The van der Waals surface area contributed by atoms with Gasteiger partial charge in [-0.25, -0.2) is 5.43 Å². The zero-order valence-corrected chi connectivity index (χ0v) is 9.06. The molecular weight excluding hydrogens is 225 g/mol. The third-order valence-corrected chi connectivity index (χ3v) is 2.72. The van der Waals surface area contributed by atoms with Gasteiger partial charge >= 0.3 is 6.18 Å². The summed E-state index contributed by atoms with van der Waals surface area (Å²) < 4.78 is 43.2. The molecule has 0 aromatic rings. The van der Waals surface area contributed by atoms with Gasteiger partial charge in [-0.15, -0.1) is 0 Å². The summed E-state index contributed by atoms with van der Waals surface area (Å²) in [6.45, 7) is 3.25. The van der Waals surface area contributed by atoms with Gasteiger partial charge in [0.25, 0.3) is 0 Å². The number of nitrogens with two attached hydrogens (primary N) is 2. The molecule has 1 rings (SSSR count). The van der Waals surface area contributed by atoms with E-state index in [0.717, 1.165) is 0 Å². The van der Waals surface area contributed by atoms with Crippen LogP contribution in [0.1, 0.15) is 20.3 Å². The molecule has 94 valence electrons. The van der Waals surface area contributed by atoms with Crippen LogP contribution < -0.4 is 17.1 Å². The topological polar surface area (TPSA) is 85.7 Å². The molecule has 1 atom stereocenters. The van der Waals surface area contributed by atoms with E-state index >= 15 is 0 Å². The maximum absolute atomic E-state index is 12.8. The van der Waals surface area contributed by atoms with E-state index in [9.17, 15) is 13.2 Å². The Bertz CT molecular complexity index is 302. The summed E-state index contributed by atoms with van der Waals surface area (Å²) in [5.41, 5.74) is -1.33. The van der Waals surface area contributed by atoms with Crippen molar-refractivity contribution in [2.45, 2.75) is 32.2 Å². The third kappa shape index (κ3) is 2.00. The van der Waals surface area contributed by atoms with Gasteiger partial charge in [-0.3, -0.25) is 5.84 Å². The molecule has 0 radical (unpaired) electrons. The van der Waals surface area contributed by atoms with Crippen molar-refractivity contribution in [3.63, 3.8) is 0 Å². The van der Waals surface area contributed by atoms with E-state index in [1.54, 1.807) is 19.3 Å². The molecule has 1 heterocycles. The van der Waals surface area contributed by atoms with Crippen LogP contribution in [0.5, 0.6) is 0 Å². The predicted molar refractivity (Wildman–Crippen MR) is 52.1 cm³/mol. The Morgan fingerprint density at radius 3 is 2.38 bits per heavy atom. The third-order valence-electron chi connectivity index (χ3n) is 2.72. The van der Waals surface area contributed by atoms with Gasteiger partial charge in [0.2, 0.25) is 5.72 Å². The zero-order valence-electron chi connectivity index (χ0n) is 9.06. The summed E-state index contributed by atoms with van der Waals surface area (Å²) >= 11 is 0. The quantitative estimate of drug-likeness (QED) is 0.459. The first kappa shape index (κ1) is 13.2. The normalized spacial score (nSPS) is 33.0. The van der Waals surface area contributed by atoms with E-state index in [2.05, 4.69) is 5.10 Å². The molecule has 1 saturated heterocycles. The highest BCUT2D eigenvalue weighted by molar-refractivity contribution is 5.91. The molecule has 5 N–H and O–H groups in total. The lowest BCUT2D eigenvalue weighted by atomic mass is 9.81.